The maximum Gasteiger partial charge on any atom is 0.387 e. The van der Waals surface area contributed by atoms with Gasteiger partial charge in [0, 0.05) is 30.6 Å². The minimum Gasteiger partial charge on any atom is -0.435 e. The molecule has 0 unspecified atom stereocenters. The third-order valence-electron chi connectivity index (χ3n) is 4.57. The molecule has 1 spiro atoms. The highest BCUT2D eigenvalue weighted by Gasteiger charge is 2.41. The normalized spacial score (nSPS) is 20.0. The average molecular weight is 324 g/mol. The summed E-state index contributed by atoms with van der Waals surface area (Å²) in [6.07, 6.45) is 2.88. The van der Waals surface area contributed by atoms with Crippen molar-refractivity contribution in [2.45, 2.75) is 37.8 Å². The van der Waals surface area contributed by atoms with E-state index in [0.29, 0.717) is 25.1 Å². The minimum atomic E-state index is -2.88. The van der Waals surface area contributed by atoms with Crippen LogP contribution in [0, 0.1) is 0 Å². The summed E-state index contributed by atoms with van der Waals surface area (Å²) >= 11 is 0. The zero-order valence-corrected chi connectivity index (χ0v) is 12.6. The van der Waals surface area contributed by atoms with E-state index in [-0.39, 0.29) is 23.1 Å². The van der Waals surface area contributed by atoms with E-state index in [9.17, 15) is 18.4 Å². The number of nitrogens with zero attached hydrogens (tertiary/aromatic N) is 1. The van der Waals surface area contributed by atoms with E-state index < -0.39 is 6.61 Å². The molecule has 0 aromatic heterocycles. The Balaban J connectivity index is 1.60. The molecule has 0 atom stereocenters. The van der Waals surface area contributed by atoms with Crippen LogP contribution in [-0.2, 0) is 4.79 Å². The van der Waals surface area contributed by atoms with Crippen LogP contribution in [0.3, 0.4) is 0 Å². The van der Waals surface area contributed by atoms with Gasteiger partial charge < -0.3 is 15.0 Å². The Bertz CT molecular complexity index is 596. The molecule has 2 heterocycles. The number of carbonyl (C=O) groups excluding carboxylic acids is 2. The van der Waals surface area contributed by atoms with Crippen molar-refractivity contribution in [3.8, 4) is 5.75 Å². The first-order chi connectivity index (χ1) is 11.0. The van der Waals surface area contributed by atoms with Gasteiger partial charge in [0.2, 0.25) is 5.91 Å². The van der Waals surface area contributed by atoms with Crippen LogP contribution in [0.1, 0.15) is 36.0 Å². The first kappa shape index (κ1) is 15.7. The van der Waals surface area contributed by atoms with Crippen molar-refractivity contribution >= 4 is 11.8 Å². The maximum atomic E-state index is 12.5. The molecule has 2 amide bonds. The van der Waals surface area contributed by atoms with Gasteiger partial charge in [-0.25, -0.2) is 0 Å². The van der Waals surface area contributed by atoms with Crippen molar-refractivity contribution in [3.05, 3.63) is 29.8 Å². The Labute approximate surface area is 132 Å². The van der Waals surface area contributed by atoms with Crippen LogP contribution in [0.15, 0.2) is 24.3 Å². The number of carbonyl (C=O) groups is 2. The molecule has 0 aliphatic carbocycles. The zero-order chi connectivity index (χ0) is 16.4. The van der Waals surface area contributed by atoms with Crippen molar-refractivity contribution in [3.63, 3.8) is 0 Å². The van der Waals surface area contributed by atoms with Crippen molar-refractivity contribution in [1.29, 1.82) is 0 Å². The fourth-order valence-corrected chi connectivity index (χ4v) is 3.25. The summed E-state index contributed by atoms with van der Waals surface area (Å²) in [5, 5.41) is 3.03. The molecule has 0 saturated carbocycles. The van der Waals surface area contributed by atoms with E-state index in [1.54, 1.807) is 4.90 Å². The van der Waals surface area contributed by atoms with E-state index >= 15 is 0 Å². The smallest absolute Gasteiger partial charge is 0.387 e. The van der Waals surface area contributed by atoms with E-state index in [1.807, 2.05) is 0 Å². The van der Waals surface area contributed by atoms with E-state index in [1.165, 1.54) is 24.3 Å². The molecule has 7 heteroatoms. The highest BCUT2D eigenvalue weighted by molar-refractivity contribution is 5.94. The monoisotopic (exact) mass is 324 g/mol. The van der Waals surface area contributed by atoms with Crippen LogP contribution in [0.2, 0.25) is 0 Å². The van der Waals surface area contributed by atoms with Gasteiger partial charge in [-0.1, -0.05) is 0 Å². The van der Waals surface area contributed by atoms with Crippen molar-refractivity contribution in [1.82, 2.24) is 10.2 Å². The second-order valence-corrected chi connectivity index (χ2v) is 6.02. The number of amides is 2. The lowest BCUT2D eigenvalue weighted by molar-refractivity contribution is -0.120. The Morgan fingerprint density at radius 2 is 1.83 bits per heavy atom. The van der Waals surface area contributed by atoms with Crippen molar-refractivity contribution in [2.75, 3.05) is 13.1 Å². The largest absolute Gasteiger partial charge is 0.435 e. The Morgan fingerprint density at radius 3 is 2.35 bits per heavy atom. The topological polar surface area (TPSA) is 58.6 Å². The van der Waals surface area contributed by atoms with Crippen LogP contribution in [-0.4, -0.2) is 42.0 Å². The molecule has 2 aliphatic heterocycles. The Hall–Kier alpha value is -2.18. The number of likely N-dealkylation sites (tertiary alicyclic amines) is 1. The molecule has 2 aliphatic rings. The molecule has 23 heavy (non-hydrogen) atoms. The van der Waals surface area contributed by atoms with Gasteiger partial charge in [0.05, 0.1) is 0 Å². The summed E-state index contributed by atoms with van der Waals surface area (Å²) in [6, 6.07) is 5.70. The fraction of sp³-hybridized carbons (Fsp3) is 0.500. The van der Waals surface area contributed by atoms with E-state index in [0.717, 1.165) is 19.3 Å². The molecule has 1 N–H and O–H groups in total. The predicted molar refractivity (Wildman–Crippen MR) is 78.3 cm³/mol. The molecular formula is C16H18F2N2O3. The molecule has 2 saturated heterocycles. The summed E-state index contributed by atoms with van der Waals surface area (Å²) in [7, 11) is 0. The number of halogens is 2. The van der Waals surface area contributed by atoms with E-state index in [2.05, 4.69) is 10.1 Å². The average Bonchev–Trinajstić information content (AvgIpc) is 2.88. The van der Waals surface area contributed by atoms with Crippen molar-refractivity contribution < 1.29 is 23.1 Å². The Kier molecular flexibility index (Phi) is 4.19. The number of hydrogen-bond donors (Lipinski definition) is 1. The number of rotatable bonds is 3. The number of nitrogens with one attached hydrogen (secondary N) is 1. The van der Waals surface area contributed by atoms with Gasteiger partial charge in [-0.2, -0.15) is 8.78 Å². The highest BCUT2D eigenvalue weighted by atomic mass is 19.3. The third kappa shape index (κ3) is 3.43. The fourth-order valence-electron chi connectivity index (χ4n) is 3.25. The lowest BCUT2D eigenvalue weighted by Gasteiger charge is -2.39. The summed E-state index contributed by atoms with van der Waals surface area (Å²) in [5.41, 5.74) is 0.293. The second kappa shape index (κ2) is 6.14. The first-order valence-electron chi connectivity index (χ1n) is 7.63. The SMILES string of the molecule is O=C1CCC2(CCN(C(=O)c3ccc(OC(F)F)cc3)CC2)N1. The van der Waals surface area contributed by atoms with Gasteiger partial charge >= 0.3 is 6.61 Å². The zero-order valence-electron chi connectivity index (χ0n) is 12.6. The van der Waals surface area contributed by atoms with Gasteiger partial charge in [0.25, 0.3) is 5.91 Å². The van der Waals surface area contributed by atoms with Gasteiger partial charge in [-0.15, -0.1) is 0 Å². The van der Waals surface area contributed by atoms with E-state index in [4.69, 9.17) is 0 Å². The van der Waals surface area contributed by atoms with Gasteiger partial charge in [-0.3, -0.25) is 9.59 Å². The van der Waals surface area contributed by atoms with Crippen LogP contribution in [0.4, 0.5) is 8.78 Å². The minimum absolute atomic E-state index is 0.0304. The number of alkyl halides is 2. The third-order valence-corrected chi connectivity index (χ3v) is 4.57. The Morgan fingerprint density at radius 1 is 1.17 bits per heavy atom. The second-order valence-electron chi connectivity index (χ2n) is 6.02. The number of piperidine rings is 1. The molecule has 1 aromatic carbocycles. The number of hydrogen-bond acceptors (Lipinski definition) is 3. The lowest BCUT2D eigenvalue weighted by atomic mass is 9.86. The van der Waals surface area contributed by atoms with Gasteiger partial charge in [0.1, 0.15) is 5.75 Å². The highest BCUT2D eigenvalue weighted by Crippen LogP contribution is 2.31. The van der Waals surface area contributed by atoms with Crippen LogP contribution >= 0.6 is 0 Å². The number of ether oxygens (including phenoxy) is 1. The summed E-state index contributed by atoms with van der Waals surface area (Å²) in [5.74, 6) is -0.0185. The standard InChI is InChI=1S/C16H18F2N2O3/c17-15(18)23-12-3-1-11(2-4-12)14(22)20-9-7-16(8-10-20)6-5-13(21)19-16/h1-4,15H,5-10H2,(H,19,21). The van der Waals surface area contributed by atoms with Crippen molar-refractivity contribution in [2.24, 2.45) is 0 Å². The van der Waals surface area contributed by atoms with Gasteiger partial charge in [0.15, 0.2) is 0 Å². The van der Waals surface area contributed by atoms with Crippen LogP contribution in [0.25, 0.3) is 0 Å². The van der Waals surface area contributed by atoms with Crippen LogP contribution in [0.5, 0.6) is 5.75 Å². The molecule has 2 fully saturated rings. The van der Waals surface area contributed by atoms with Gasteiger partial charge in [-0.05, 0) is 43.5 Å². The maximum absolute atomic E-state index is 12.5. The lowest BCUT2D eigenvalue weighted by Crippen LogP contribution is -2.52. The molecule has 3 rings (SSSR count). The molecule has 0 radical (unpaired) electrons. The first-order valence-corrected chi connectivity index (χ1v) is 7.63. The molecule has 0 bridgehead atoms. The quantitative estimate of drug-likeness (QED) is 0.927. The van der Waals surface area contributed by atoms with Crippen LogP contribution < -0.4 is 10.1 Å². The molecule has 1 aromatic rings. The summed E-state index contributed by atoms with van der Waals surface area (Å²) in [4.78, 5) is 25.6. The molecule has 5 nitrogen and oxygen atoms in total. The predicted octanol–water partition coefficient (Wildman–Crippen LogP) is 2.17. The molecule has 124 valence electrons. The number of benzene rings is 1. The summed E-state index contributed by atoms with van der Waals surface area (Å²) in [6.45, 7) is -1.72. The summed E-state index contributed by atoms with van der Waals surface area (Å²) < 4.78 is 28.5. The molecular weight excluding hydrogens is 306 g/mol.